The smallest absolute Gasteiger partial charge is 0.119 e. The number of nitrogens with one attached hydrogen (secondary N) is 1. The van der Waals surface area contributed by atoms with Crippen molar-refractivity contribution in [3.63, 3.8) is 0 Å². The SMILES string of the molecule is CCCCOc1ccc(CNCC(C)(C)CCCO)cc1. The van der Waals surface area contributed by atoms with Gasteiger partial charge in [0.2, 0.25) is 0 Å². The summed E-state index contributed by atoms with van der Waals surface area (Å²) < 4.78 is 5.66. The molecular formula is C18H31NO2. The molecule has 3 nitrogen and oxygen atoms in total. The summed E-state index contributed by atoms with van der Waals surface area (Å²) in [5.74, 6) is 0.954. The number of ether oxygens (including phenoxy) is 1. The van der Waals surface area contributed by atoms with E-state index in [0.29, 0.717) is 0 Å². The van der Waals surface area contributed by atoms with Crippen molar-refractivity contribution in [2.24, 2.45) is 5.41 Å². The monoisotopic (exact) mass is 293 g/mol. The molecule has 0 heterocycles. The van der Waals surface area contributed by atoms with Gasteiger partial charge in [0.25, 0.3) is 0 Å². The van der Waals surface area contributed by atoms with Crippen molar-refractivity contribution in [1.82, 2.24) is 5.32 Å². The predicted molar refractivity (Wildman–Crippen MR) is 88.7 cm³/mol. The first-order chi connectivity index (χ1) is 10.1. The van der Waals surface area contributed by atoms with Crippen molar-refractivity contribution in [3.8, 4) is 5.75 Å². The fourth-order valence-electron chi connectivity index (χ4n) is 2.23. The Kier molecular flexibility index (Phi) is 8.40. The summed E-state index contributed by atoms with van der Waals surface area (Å²) >= 11 is 0. The highest BCUT2D eigenvalue weighted by atomic mass is 16.5. The first-order valence-electron chi connectivity index (χ1n) is 8.11. The van der Waals surface area contributed by atoms with Crippen LogP contribution in [0.15, 0.2) is 24.3 Å². The minimum Gasteiger partial charge on any atom is -0.494 e. The molecule has 0 amide bonds. The Balaban J connectivity index is 2.29. The van der Waals surface area contributed by atoms with Crippen LogP contribution in [0, 0.1) is 5.41 Å². The molecule has 0 aromatic heterocycles. The molecule has 0 aliphatic heterocycles. The second-order valence-corrected chi connectivity index (χ2v) is 6.44. The lowest BCUT2D eigenvalue weighted by Crippen LogP contribution is -2.29. The van der Waals surface area contributed by atoms with Crippen LogP contribution in [-0.4, -0.2) is 24.9 Å². The summed E-state index contributed by atoms with van der Waals surface area (Å²) in [5.41, 5.74) is 1.50. The van der Waals surface area contributed by atoms with E-state index in [0.717, 1.165) is 51.1 Å². The minimum absolute atomic E-state index is 0.228. The summed E-state index contributed by atoms with van der Waals surface area (Å²) in [6.07, 6.45) is 4.18. The molecular weight excluding hydrogens is 262 g/mol. The third-order valence-corrected chi connectivity index (χ3v) is 3.63. The Morgan fingerprint density at radius 2 is 1.86 bits per heavy atom. The number of rotatable bonds is 11. The van der Waals surface area contributed by atoms with Crippen LogP contribution < -0.4 is 10.1 Å². The lowest BCUT2D eigenvalue weighted by Gasteiger charge is -2.24. The van der Waals surface area contributed by atoms with Crippen LogP contribution in [0.25, 0.3) is 0 Å². The van der Waals surface area contributed by atoms with Crippen LogP contribution >= 0.6 is 0 Å². The number of hydrogen-bond donors (Lipinski definition) is 2. The predicted octanol–water partition coefficient (Wildman–Crippen LogP) is 3.75. The zero-order valence-electron chi connectivity index (χ0n) is 13.8. The van der Waals surface area contributed by atoms with Gasteiger partial charge in [0.05, 0.1) is 6.61 Å². The van der Waals surface area contributed by atoms with Crippen LogP contribution in [0.2, 0.25) is 0 Å². The third-order valence-electron chi connectivity index (χ3n) is 3.63. The number of unbranched alkanes of at least 4 members (excludes halogenated alkanes) is 1. The summed E-state index contributed by atoms with van der Waals surface area (Å²) in [4.78, 5) is 0. The molecule has 0 spiro atoms. The van der Waals surface area contributed by atoms with Crippen LogP contribution in [0.1, 0.15) is 52.0 Å². The van der Waals surface area contributed by atoms with Gasteiger partial charge in [-0.05, 0) is 42.4 Å². The van der Waals surface area contributed by atoms with Gasteiger partial charge >= 0.3 is 0 Å². The highest BCUT2D eigenvalue weighted by Gasteiger charge is 2.16. The molecule has 1 aromatic carbocycles. The standard InChI is InChI=1S/C18H31NO2/c1-4-5-13-21-17-9-7-16(8-10-17)14-19-15-18(2,3)11-6-12-20/h7-10,19-20H,4-6,11-15H2,1-3H3. The van der Waals surface area contributed by atoms with Crippen molar-refractivity contribution in [2.75, 3.05) is 19.8 Å². The summed E-state index contributed by atoms with van der Waals surface area (Å²) in [6, 6.07) is 8.33. The molecule has 0 bridgehead atoms. The molecule has 1 rings (SSSR count). The molecule has 0 saturated carbocycles. The molecule has 120 valence electrons. The van der Waals surface area contributed by atoms with Gasteiger partial charge in [0.1, 0.15) is 5.75 Å². The summed E-state index contributed by atoms with van der Waals surface area (Å²) in [6.45, 7) is 9.55. The summed E-state index contributed by atoms with van der Waals surface area (Å²) in [5, 5.41) is 12.4. The lowest BCUT2D eigenvalue weighted by atomic mass is 9.88. The Morgan fingerprint density at radius 1 is 1.14 bits per heavy atom. The second-order valence-electron chi connectivity index (χ2n) is 6.44. The molecule has 0 unspecified atom stereocenters. The van der Waals surface area contributed by atoms with Crippen LogP contribution in [0.3, 0.4) is 0 Å². The lowest BCUT2D eigenvalue weighted by molar-refractivity contribution is 0.236. The maximum Gasteiger partial charge on any atom is 0.119 e. The van der Waals surface area contributed by atoms with Gasteiger partial charge in [-0.1, -0.05) is 39.3 Å². The van der Waals surface area contributed by atoms with Crippen LogP contribution in [0.5, 0.6) is 5.75 Å². The second kappa shape index (κ2) is 9.80. The van der Waals surface area contributed by atoms with E-state index in [4.69, 9.17) is 9.84 Å². The quantitative estimate of drug-likeness (QED) is 0.610. The first kappa shape index (κ1) is 18.0. The zero-order valence-corrected chi connectivity index (χ0v) is 13.8. The van der Waals surface area contributed by atoms with E-state index in [9.17, 15) is 0 Å². The van der Waals surface area contributed by atoms with Gasteiger partial charge < -0.3 is 15.2 Å². The van der Waals surface area contributed by atoms with Gasteiger partial charge in [-0.25, -0.2) is 0 Å². The van der Waals surface area contributed by atoms with Gasteiger partial charge in [-0.15, -0.1) is 0 Å². The largest absolute Gasteiger partial charge is 0.494 e. The number of aliphatic hydroxyl groups excluding tert-OH is 1. The topological polar surface area (TPSA) is 41.5 Å². The van der Waals surface area contributed by atoms with E-state index in [-0.39, 0.29) is 12.0 Å². The Bertz CT molecular complexity index is 373. The minimum atomic E-state index is 0.228. The molecule has 0 atom stereocenters. The maximum absolute atomic E-state index is 8.90. The highest BCUT2D eigenvalue weighted by Crippen LogP contribution is 2.21. The fourth-order valence-corrected chi connectivity index (χ4v) is 2.23. The first-order valence-corrected chi connectivity index (χ1v) is 8.11. The molecule has 0 fully saturated rings. The van der Waals surface area contributed by atoms with Crippen molar-refractivity contribution >= 4 is 0 Å². The highest BCUT2D eigenvalue weighted by molar-refractivity contribution is 5.27. The van der Waals surface area contributed by atoms with E-state index in [2.05, 4.69) is 38.2 Å². The molecule has 0 radical (unpaired) electrons. The van der Waals surface area contributed by atoms with E-state index < -0.39 is 0 Å². The van der Waals surface area contributed by atoms with Crippen molar-refractivity contribution in [2.45, 2.75) is 53.0 Å². The van der Waals surface area contributed by atoms with E-state index in [1.807, 2.05) is 12.1 Å². The molecule has 0 aliphatic rings. The van der Waals surface area contributed by atoms with Crippen molar-refractivity contribution in [1.29, 1.82) is 0 Å². The van der Waals surface area contributed by atoms with E-state index in [1.54, 1.807) is 0 Å². The molecule has 2 N–H and O–H groups in total. The number of hydrogen-bond acceptors (Lipinski definition) is 3. The molecule has 0 saturated heterocycles. The van der Waals surface area contributed by atoms with Gasteiger partial charge in [0.15, 0.2) is 0 Å². The number of benzene rings is 1. The van der Waals surface area contributed by atoms with Crippen molar-refractivity contribution < 1.29 is 9.84 Å². The van der Waals surface area contributed by atoms with Gasteiger partial charge in [0, 0.05) is 19.7 Å². The average Bonchev–Trinajstić information content (AvgIpc) is 2.47. The van der Waals surface area contributed by atoms with Gasteiger partial charge in [-0.2, -0.15) is 0 Å². The van der Waals surface area contributed by atoms with Gasteiger partial charge in [-0.3, -0.25) is 0 Å². The Labute approximate surface area is 129 Å². The Hall–Kier alpha value is -1.06. The van der Waals surface area contributed by atoms with E-state index >= 15 is 0 Å². The summed E-state index contributed by atoms with van der Waals surface area (Å²) in [7, 11) is 0. The van der Waals surface area contributed by atoms with Crippen molar-refractivity contribution in [3.05, 3.63) is 29.8 Å². The average molecular weight is 293 g/mol. The Morgan fingerprint density at radius 3 is 2.48 bits per heavy atom. The van der Waals surface area contributed by atoms with Crippen LogP contribution in [-0.2, 0) is 6.54 Å². The zero-order chi connectivity index (χ0) is 15.6. The maximum atomic E-state index is 8.90. The van der Waals surface area contributed by atoms with E-state index in [1.165, 1.54) is 5.56 Å². The molecule has 1 aromatic rings. The molecule has 3 heteroatoms. The molecule has 0 aliphatic carbocycles. The third kappa shape index (κ3) is 8.08. The number of aliphatic hydroxyl groups is 1. The fraction of sp³-hybridized carbons (Fsp3) is 0.667. The molecule has 21 heavy (non-hydrogen) atoms. The normalized spacial score (nSPS) is 11.6. The van der Waals surface area contributed by atoms with Crippen LogP contribution in [0.4, 0.5) is 0 Å².